The van der Waals surface area contributed by atoms with Gasteiger partial charge in [0.15, 0.2) is 0 Å². The molecule has 0 aromatic heterocycles. The van der Waals surface area contributed by atoms with Gasteiger partial charge in [-0.15, -0.1) is 0 Å². The van der Waals surface area contributed by atoms with Crippen molar-refractivity contribution < 1.29 is 12.4 Å². The summed E-state index contributed by atoms with van der Waals surface area (Å²) in [5, 5.41) is 5.55. The quantitative estimate of drug-likeness (QED) is 0.319. The number of halogens is 1. The van der Waals surface area contributed by atoms with Crippen LogP contribution in [0.4, 0.5) is 0 Å². The molecule has 0 aliphatic rings. The van der Waals surface area contributed by atoms with Crippen molar-refractivity contribution in [3.05, 3.63) is 121 Å². The molecule has 3 heteroatoms. The molecule has 0 N–H and O–H groups in total. The van der Waals surface area contributed by atoms with Crippen LogP contribution in [0.5, 0.6) is 0 Å². The zero-order chi connectivity index (χ0) is 17.0. The average Bonchev–Trinajstić information content (AvgIpc) is 2.72. The Morgan fingerprint density at radius 3 is 0.704 bits per heavy atom. The van der Waals surface area contributed by atoms with Crippen LogP contribution in [0, 0.1) is 0 Å². The van der Waals surface area contributed by atoms with Crippen molar-refractivity contribution in [2.24, 2.45) is 0 Å². The van der Waals surface area contributed by atoms with E-state index in [1.54, 1.807) is 0 Å². The predicted octanol–water partition coefficient (Wildman–Crippen LogP) is 0.929. The van der Waals surface area contributed by atoms with Gasteiger partial charge >= 0.3 is 0 Å². The van der Waals surface area contributed by atoms with Gasteiger partial charge in [0.1, 0.15) is 28.5 Å². The molecule has 0 atom stereocenters. The van der Waals surface area contributed by atoms with Crippen molar-refractivity contribution in [1.82, 2.24) is 0 Å². The Labute approximate surface area is 178 Å². The predicted molar refractivity (Wildman–Crippen MR) is 117 cm³/mol. The van der Waals surface area contributed by atoms with Crippen LogP contribution >= 0.6 is 7.26 Å². The maximum absolute atomic E-state index is 2.28. The summed E-state index contributed by atoms with van der Waals surface area (Å²) in [5.41, 5.74) is 0. The van der Waals surface area contributed by atoms with E-state index in [0.717, 1.165) is 0 Å². The molecule has 0 saturated carbocycles. The minimum atomic E-state index is -1.91. The minimum Gasteiger partial charge on any atom is -1.00 e. The average molecular weight is 454 g/mol. The summed E-state index contributed by atoms with van der Waals surface area (Å²) in [4.78, 5) is 0. The van der Waals surface area contributed by atoms with E-state index in [2.05, 4.69) is 121 Å². The van der Waals surface area contributed by atoms with Crippen molar-refractivity contribution in [2.75, 3.05) is 0 Å². The third-order valence-electron chi connectivity index (χ3n) is 4.57. The summed E-state index contributed by atoms with van der Waals surface area (Å²) in [7, 11) is -1.91. The molecule has 4 aromatic rings. The third kappa shape index (κ3) is 4.03. The Bertz CT molecular complexity index is 765. The van der Waals surface area contributed by atoms with Crippen molar-refractivity contribution in [3.8, 4) is 0 Å². The molecule has 0 nitrogen and oxygen atoms in total. The minimum absolute atomic E-state index is 0. The zero-order valence-corrected chi connectivity index (χ0v) is 18.1. The van der Waals surface area contributed by atoms with E-state index in [-0.39, 0.29) is 29.5 Å². The Kier molecular flexibility index (Phi) is 7.84. The van der Waals surface area contributed by atoms with Crippen molar-refractivity contribution >= 4 is 45.5 Å². The maximum atomic E-state index is 2.28. The molecule has 0 heterocycles. The Balaban J connectivity index is 0.00000131. The Morgan fingerprint density at radius 1 is 0.333 bits per heavy atom. The number of hydrogen-bond acceptors (Lipinski definition) is 0. The third-order valence-corrected chi connectivity index (χ3v) is 8.86. The smallest absolute Gasteiger partial charge is 0.144 e. The first kappa shape index (κ1) is 21.4. The maximum Gasteiger partial charge on any atom is 0.144 e. The van der Waals surface area contributed by atoms with E-state index < -0.39 is 7.26 Å². The summed E-state index contributed by atoms with van der Waals surface area (Å²) < 4.78 is 0. The first-order chi connectivity index (χ1) is 12.4. The monoisotopic (exact) mass is 454 g/mol. The van der Waals surface area contributed by atoms with Crippen LogP contribution < -0.4 is 33.6 Å². The second kappa shape index (κ2) is 9.88. The number of rotatable bonds is 4. The van der Waals surface area contributed by atoms with E-state index in [1.165, 1.54) is 21.2 Å². The van der Waals surface area contributed by atoms with Crippen LogP contribution in [0.25, 0.3) is 0 Å². The SMILES string of the molecule is [Cl-].[Se].c1ccc([P+](c2ccccc2)(c2ccccc2)c2ccccc2)cc1. The molecule has 0 aliphatic carbocycles. The molecule has 0 unspecified atom stereocenters. The van der Waals surface area contributed by atoms with E-state index in [4.69, 9.17) is 0 Å². The fourth-order valence-corrected chi connectivity index (χ4v) is 7.77. The van der Waals surface area contributed by atoms with E-state index in [0.29, 0.717) is 0 Å². The van der Waals surface area contributed by atoms with Gasteiger partial charge in [-0.3, -0.25) is 0 Å². The fraction of sp³-hybridized carbons (Fsp3) is 0. The Morgan fingerprint density at radius 2 is 0.519 bits per heavy atom. The second-order valence-electron chi connectivity index (χ2n) is 6.01. The van der Waals surface area contributed by atoms with Gasteiger partial charge in [0, 0.05) is 17.1 Å². The van der Waals surface area contributed by atoms with E-state index in [9.17, 15) is 0 Å². The van der Waals surface area contributed by atoms with Crippen molar-refractivity contribution in [2.45, 2.75) is 0 Å². The molecule has 134 valence electrons. The normalized spacial score (nSPS) is 10.4. The molecule has 27 heavy (non-hydrogen) atoms. The number of hydrogen-bond donors (Lipinski definition) is 0. The summed E-state index contributed by atoms with van der Waals surface area (Å²) in [5.74, 6) is 0. The van der Waals surface area contributed by atoms with Gasteiger partial charge < -0.3 is 12.4 Å². The fourth-order valence-electron chi connectivity index (χ4n) is 3.50. The summed E-state index contributed by atoms with van der Waals surface area (Å²) in [6, 6.07) is 43.8. The van der Waals surface area contributed by atoms with Gasteiger partial charge in [0.05, 0.1) is 0 Å². The van der Waals surface area contributed by atoms with Crippen LogP contribution in [0.15, 0.2) is 121 Å². The molecule has 0 bridgehead atoms. The van der Waals surface area contributed by atoms with E-state index in [1.807, 2.05) is 0 Å². The first-order valence-electron chi connectivity index (χ1n) is 8.54. The largest absolute Gasteiger partial charge is 1.00 e. The molecule has 0 aliphatic heterocycles. The second-order valence-corrected chi connectivity index (χ2v) is 9.42. The first-order valence-corrected chi connectivity index (χ1v) is 10.3. The van der Waals surface area contributed by atoms with Crippen LogP contribution in [-0.4, -0.2) is 17.1 Å². The van der Waals surface area contributed by atoms with Crippen LogP contribution in [-0.2, 0) is 0 Å². The van der Waals surface area contributed by atoms with Gasteiger partial charge in [-0.1, -0.05) is 72.8 Å². The molecule has 0 saturated heterocycles. The van der Waals surface area contributed by atoms with E-state index >= 15 is 0 Å². The summed E-state index contributed by atoms with van der Waals surface area (Å²) >= 11 is 0. The molecular weight excluding hydrogens is 434 g/mol. The zero-order valence-electron chi connectivity index (χ0n) is 14.8. The molecule has 4 aromatic carbocycles. The topological polar surface area (TPSA) is 0 Å². The van der Waals surface area contributed by atoms with Crippen LogP contribution in [0.1, 0.15) is 0 Å². The standard InChI is InChI=1S/C24H20P.ClH.Se/c1-5-13-21(14-6-1)25(22-15-7-2-8-16-22,23-17-9-3-10-18-23)24-19-11-4-12-20-24;;/h1-20H;1H;/q+1;;/p-1. The Hall–Kier alpha value is -1.88. The molecule has 4 rings (SSSR count). The van der Waals surface area contributed by atoms with Crippen molar-refractivity contribution in [1.29, 1.82) is 0 Å². The molecular formula is C24H20ClPSe. The van der Waals surface area contributed by atoms with Crippen LogP contribution in [0.2, 0.25) is 0 Å². The van der Waals surface area contributed by atoms with Gasteiger partial charge in [0.25, 0.3) is 0 Å². The summed E-state index contributed by atoms with van der Waals surface area (Å²) in [6.45, 7) is 0. The van der Waals surface area contributed by atoms with Gasteiger partial charge in [-0.2, -0.15) is 0 Å². The van der Waals surface area contributed by atoms with Gasteiger partial charge in [0.2, 0.25) is 0 Å². The number of benzene rings is 4. The molecule has 2 radical (unpaired) electrons. The van der Waals surface area contributed by atoms with Crippen LogP contribution in [0.3, 0.4) is 0 Å². The summed E-state index contributed by atoms with van der Waals surface area (Å²) in [6.07, 6.45) is 0. The molecule has 0 amide bonds. The molecule has 0 spiro atoms. The van der Waals surface area contributed by atoms with Gasteiger partial charge in [-0.25, -0.2) is 0 Å². The van der Waals surface area contributed by atoms with Gasteiger partial charge in [-0.05, 0) is 48.5 Å². The van der Waals surface area contributed by atoms with Crippen molar-refractivity contribution in [3.63, 3.8) is 0 Å². The molecule has 0 fully saturated rings.